The molecule has 0 spiro atoms. The Labute approximate surface area is 130 Å². The largest absolute Gasteiger partial charge is 0.497 e. The standard InChI is InChI=1S/C17H23FN2O2/c1-21-14-8-16-15(17(9-14)22-2)7-13(20-16)10-19-12-5-3-11(18)4-6-12/h7-9,11-12,19-20H,3-6,10H2,1-2H3. The molecule has 1 aromatic heterocycles. The fourth-order valence-corrected chi connectivity index (χ4v) is 3.13. The predicted octanol–water partition coefficient (Wildman–Crippen LogP) is 3.56. The van der Waals surface area contributed by atoms with Gasteiger partial charge in [-0.1, -0.05) is 0 Å². The Hall–Kier alpha value is -1.75. The molecule has 0 amide bonds. The number of benzene rings is 1. The van der Waals surface area contributed by atoms with Crippen LogP contribution in [0.15, 0.2) is 18.2 Å². The van der Waals surface area contributed by atoms with Crippen molar-refractivity contribution in [2.75, 3.05) is 14.2 Å². The van der Waals surface area contributed by atoms with Crippen LogP contribution >= 0.6 is 0 Å². The summed E-state index contributed by atoms with van der Waals surface area (Å²) in [6, 6.07) is 6.36. The average molecular weight is 306 g/mol. The lowest BCUT2D eigenvalue weighted by Crippen LogP contribution is -2.33. The Morgan fingerprint density at radius 3 is 2.59 bits per heavy atom. The number of rotatable bonds is 5. The molecule has 1 heterocycles. The maximum Gasteiger partial charge on any atom is 0.131 e. The Morgan fingerprint density at radius 1 is 1.14 bits per heavy atom. The zero-order chi connectivity index (χ0) is 15.5. The molecular weight excluding hydrogens is 283 g/mol. The molecule has 3 rings (SSSR count). The van der Waals surface area contributed by atoms with Crippen molar-refractivity contribution in [1.29, 1.82) is 0 Å². The molecule has 2 aromatic rings. The van der Waals surface area contributed by atoms with Gasteiger partial charge in [-0.25, -0.2) is 4.39 Å². The third-order valence-electron chi connectivity index (χ3n) is 4.42. The highest BCUT2D eigenvalue weighted by Gasteiger charge is 2.20. The highest BCUT2D eigenvalue weighted by atomic mass is 19.1. The molecule has 4 nitrogen and oxygen atoms in total. The predicted molar refractivity (Wildman–Crippen MR) is 85.4 cm³/mol. The summed E-state index contributed by atoms with van der Waals surface area (Å²) in [6.07, 6.45) is 2.57. The second kappa shape index (κ2) is 6.57. The topological polar surface area (TPSA) is 46.3 Å². The van der Waals surface area contributed by atoms with Crippen LogP contribution in [-0.2, 0) is 6.54 Å². The fourth-order valence-electron chi connectivity index (χ4n) is 3.13. The van der Waals surface area contributed by atoms with Gasteiger partial charge >= 0.3 is 0 Å². The molecule has 1 aliphatic rings. The molecule has 0 radical (unpaired) electrons. The molecule has 0 bridgehead atoms. The highest BCUT2D eigenvalue weighted by molar-refractivity contribution is 5.88. The van der Waals surface area contributed by atoms with Gasteiger partial charge in [0.15, 0.2) is 0 Å². The number of halogens is 1. The SMILES string of the molecule is COc1cc(OC)c2cc(CNC3CCC(F)CC3)[nH]c2c1. The number of H-pyrrole nitrogens is 1. The third-order valence-corrected chi connectivity index (χ3v) is 4.42. The van der Waals surface area contributed by atoms with Crippen LogP contribution in [-0.4, -0.2) is 31.4 Å². The molecule has 5 heteroatoms. The molecule has 120 valence electrons. The first-order chi connectivity index (χ1) is 10.7. The zero-order valence-corrected chi connectivity index (χ0v) is 13.1. The van der Waals surface area contributed by atoms with Crippen molar-refractivity contribution in [3.63, 3.8) is 0 Å². The molecule has 0 aliphatic heterocycles. The first-order valence-electron chi connectivity index (χ1n) is 7.80. The first-order valence-corrected chi connectivity index (χ1v) is 7.80. The van der Waals surface area contributed by atoms with E-state index in [1.54, 1.807) is 14.2 Å². The summed E-state index contributed by atoms with van der Waals surface area (Å²) >= 11 is 0. The summed E-state index contributed by atoms with van der Waals surface area (Å²) in [5.74, 6) is 1.57. The quantitative estimate of drug-likeness (QED) is 0.888. The molecule has 1 saturated carbocycles. The van der Waals surface area contributed by atoms with Crippen molar-refractivity contribution in [2.24, 2.45) is 0 Å². The van der Waals surface area contributed by atoms with Crippen LogP contribution in [0.5, 0.6) is 11.5 Å². The van der Waals surface area contributed by atoms with Gasteiger partial charge in [0.25, 0.3) is 0 Å². The van der Waals surface area contributed by atoms with Crippen LogP contribution in [0.2, 0.25) is 0 Å². The van der Waals surface area contributed by atoms with Crippen molar-refractivity contribution in [3.8, 4) is 11.5 Å². The van der Waals surface area contributed by atoms with Gasteiger partial charge in [-0.3, -0.25) is 0 Å². The minimum atomic E-state index is -0.608. The molecule has 0 saturated heterocycles. The summed E-state index contributed by atoms with van der Waals surface area (Å²) in [5.41, 5.74) is 2.10. The van der Waals surface area contributed by atoms with Crippen molar-refractivity contribution in [2.45, 2.75) is 44.4 Å². The number of hydrogen-bond donors (Lipinski definition) is 2. The summed E-state index contributed by atoms with van der Waals surface area (Å²) in [6.45, 7) is 0.752. The lowest BCUT2D eigenvalue weighted by molar-refractivity contribution is 0.219. The minimum absolute atomic E-state index is 0.412. The Kier molecular flexibility index (Phi) is 4.52. The normalized spacial score (nSPS) is 22.0. The van der Waals surface area contributed by atoms with Crippen LogP contribution in [0.3, 0.4) is 0 Å². The summed E-state index contributed by atoms with van der Waals surface area (Å²) in [7, 11) is 3.31. The molecule has 1 fully saturated rings. The molecule has 0 unspecified atom stereocenters. The van der Waals surface area contributed by atoms with Crippen molar-refractivity contribution in [3.05, 3.63) is 23.9 Å². The smallest absolute Gasteiger partial charge is 0.131 e. The van der Waals surface area contributed by atoms with E-state index >= 15 is 0 Å². The van der Waals surface area contributed by atoms with Gasteiger partial charge in [0.2, 0.25) is 0 Å². The van der Waals surface area contributed by atoms with Crippen LogP contribution in [0, 0.1) is 0 Å². The number of aromatic nitrogens is 1. The van der Waals surface area contributed by atoms with E-state index in [9.17, 15) is 4.39 Å². The van der Waals surface area contributed by atoms with Crippen LogP contribution < -0.4 is 14.8 Å². The second-order valence-electron chi connectivity index (χ2n) is 5.92. The van der Waals surface area contributed by atoms with Gasteiger partial charge in [0.05, 0.1) is 19.7 Å². The van der Waals surface area contributed by atoms with Crippen LogP contribution in [0.4, 0.5) is 4.39 Å². The monoisotopic (exact) mass is 306 g/mol. The highest BCUT2D eigenvalue weighted by Crippen LogP contribution is 2.31. The maximum atomic E-state index is 13.2. The summed E-state index contributed by atoms with van der Waals surface area (Å²) in [4.78, 5) is 3.40. The van der Waals surface area contributed by atoms with E-state index in [-0.39, 0.29) is 0 Å². The van der Waals surface area contributed by atoms with E-state index < -0.39 is 6.17 Å². The fraction of sp³-hybridized carbons (Fsp3) is 0.529. The van der Waals surface area contributed by atoms with Crippen molar-refractivity contribution >= 4 is 10.9 Å². The first kappa shape index (κ1) is 15.2. The molecule has 0 atom stereocenters. The second-order valence-corrected chi connectivity index (χ2v) is 5.92. The van der Waals surface area contributed by atoms with Gasteiger partial charge in [0.1, 0.15) is 17.7 Å². The number of fused-ring (bicyclic) bond motifs is 1. The van der Waals surface area contributed by atoms with E-state index in [0.717, 1.165) is 47.5 Å². The molecular formula is C17H23FN2O2. The third kappa shape index (κ3) is 3.19. The van der Waals surface area contributed by atoms with E-state index in [2.05, 4.69) is 16.4 Å². The molecule has 1 aliphatic carbocycles. The van der Waals surface area contributed by atoms with Crippen molar-refractivity contribution in [1.82, 2.24) is 10.3 Å². The number of methoxy groups -OCH3 is 2. The van der Waals surface area contributed by atoms with Gasteiger partial charge in [-0.2, -0.15) is 0 Å². The Bertz CT molecular complexity index is 633. The van der Waals surface area contributed by atoms with Gasteiger partial charge in [0, 0.05) is 35.8 Å². The summed E-state index contributed by atoms with van der Waals surface area (Å²) < 4.78 is 23.9. The van der Waals surface area contributed by atoms with E-state index in [1.807, 2.05) is 12.1 Å². The van der Waals surface area contributed by atoms with Gasteiger partial charge in [-0.05, 0) is 31.7 Å². The average Bonchev–Trinajstić information content (AvgIpc) is 2.96. The van der Waals surface area contributed by atoms with Crippen molar-refractivity contribution < 1.29 is 13.9 Å². The van der Waals surface area contributed by atoms with Crippen LogP contribution in [0.1, 0.15) is 31.4 Å². The number of aromatic amines is 1. The van der Waals surface area contributed by atoms with E-state index in [0.29, 0.717) is 18.9 Å². The van der Waals surface area contributed by atoms with Crippen LogP contribution in [0.25, 0.3) is 10.9 Å². The van der Waals surface area contributed by atoms with E-state index in [4.69, 9.17) is 9.47 Å². The molecule has 22 heavy (non-hydrogen) atoms. The maximum absolute atomic E-state index is 13.2. The molecule has 2 N–H and O–H groups in total. The zero-order valence-electron chi connectivity index (χ0n) is 13.1. The minimum Gasteiger partial charge on any atom is -0.497 e. The number of alkyl halides is 1. The number of nitrogens with one attached hydrogen (secondary N) is 2. The Morgan fingerprint density at radius 2 is 1.91 bits per heavy atom. The van der Waals surface area contributed by atoms with Gasteiger partial charge < -0.3 is 19.8 Å². The molecule has 1 aromatic carbocycles. The number of ether oxygens (including phenoxy) is 2. The van der Waals surface area contributed by atoms with Gasteiger partial charge in [-0.15, -0.1) is 0 Å². The van der Waals surface area contributed by atoms with E-state index in [1.165, 1.54) is 0 Å². The summed E-state index contributed by atoms with van der Waals surface area (Å²) in [5, 5.41) is 4.56. The lowest BCUT2D eigenvalue weighted by atomic mass is 9.94. The Balaban J connectivity index is 1.72. The number of hydrogen-bond acceptors (Lipinski definition) is 3. The lowest BCUT2D eigenvalue weighted by Gasteiger charge is -2.24.